The Bertz CT molecular complexity index is 473. The minimum absolute atomic E-state index is 0.232. The van der Waals surface area contributed by atoms with Gasteiger partial charge in [0.05, 0.1) is 0 Å². The van der Waals surface area contributed by atoms with Gasteiger partial charge in [0.2, 0.25) is 0 Å². The molecule has 1 aromatic carbocycles. The van der Waals surface area contributed by atoms with Crippen molar-refractivity contribution in [1.82, 2.24) is 20.6 Å². The molecule has 0 aliphatic heterocycles. The van der Waals surface area contributed by atoms with E-state index in [1.165, 1.54) is 0 Å². The first-order valence-electron chi connectivity index (χ1n) is 4.41. The summed E-state index contributed by atoms with van der Waals surface area (Å²) in [5.74, 6) is 0.616. The van der Waals surface area contributed by atoms with Gasteiger partial charge in [0.1, 0.15) is 5.84 Å². The van der Waals surface area contributed by atoms with Crippen molar-refractivity contribution < 1.29 is 0 Å². The molecule has 0 saturated carbocycles. The summed E-state index contributed by atoms with van der Waals surface area (Å²) >= 11 is 0. The van der Waals surface area contributed by atoms with Crippen LogP contribution in [0.15, 0.2) is 29.3 Å². The predicted molar refractivity (Wildman–Crippen MR) is 55.7 cm³/mol. The van der Waals surface area contributed by atoms with Crippen LogP contribution in [0.1, 0.15) is 11.1 Å². The van der Waals surface area contributed by atoms with E-state index in [4.69, 9.17) is 5.73 Å². The molecule has 0 fully saturated rings. The number of H-pyrrole nitrogens is 1. The summed E-state index contributed by atoms with van der Waals surface area (Å²) in [4.78, 5) is 4.03. The lowest BCUT2D eigenvalue weighted by Crippen LogP contribution is -2.14. The second kappa shape index (κ2) is 3.87. The largest absolute Gasteiger partial charge is 0.383 e. The van der Waals surface area contributed by atoms with Crippen LogP contribution in [0.25, 0.3) is 0 Å². The van der Waals surface area contributed by atoms with Gasteiger partial charge < -0.3 is 5.73 Å². The summed E-state index contributed by atoms with van der Waals surface area (Å²) in [6.07, 6.45) is 0. The van der Waals surface area contributed by atoms with Crippen LogP contribution >= 0.6 is 0 Å². The zero-order chi connectivity index (χ0) is 10.7. The van der Waals surface area contributed by atoms with Crippen LogP contribution in [-0.2, 0) is 0 Å². The van der Waals surface area contributed by atoms with Crippen LogP contribution in [0, 0.1) is 6.92 Å². The fourth-order valence-corrected chi connectivity index (χ4v) is 1.23. The SMILES string of the molecule is Cc1ccccc1/C(N)=N/c1nn[nH]n1. The van der Waals surface area contributed by atoms with Crippen molar-refractivity contribution in [2.24, 2.45) is 10.7 Å². The van der Waals surface area contributed by atoms with Gasteiger partial charge in [-0.3, -0.25) is 0 Å². The molecule has 76 valence electrons. The smallest absolute Gasteiger partial charge is 0.290 e. The van der Waals surface area contributed by atoms with Gasteiger partial charge in [0.25, 0.3) is 5.95 Å². The maximum atomic E-state index is 5.82. The van der Waals surface area contributed by atoms with Gasteiger partial charge in [-0.15, -0.1) is 5.10 Å². The Morgan fingerprint density at radius 2 is 2.20 bits per heavy atom. The van der Waals surface area contributed by atoms with E-state index in [0.717, 1.165) is 11.1 Å². The van der Waals surface area contributed by atoms with Gasteiger partial charge in [-0.2, -0.15) is 10.2 Å². The highest BCUT2D eigenvalue weighted by Gasteiger charge is 2.03. The van der Waals surface area contributed by atoms with E-state index in [-0.39, 0.29) is 5.95 Å². The molecule has 0 aliphatic carbocycles. The van der Waals surface area contributed by atoms with E-state index in [1.54, 1.807) is 0 Å². The minimum Gasteiger partial charge on any atom is -0.383 e. The number of hydrogen-bond acceptors (Lipinski definition) is 4. The number of nitrogens with two attached hydrogens (primary N) is 1. The van der Waals surface area contributed by atoms with Crippen LogP contribution in [0.4, 0.5) is 5.95 Å². The van der Waals surface area contributed by atoms with Gasteiger partial charge in [0, 0.05) is 5.56 Å². The summed E-state index contributed by atoms with van der Waals surface area (Å²) < 4.78 is 0. The van der Waals surface area contributed by atoms with Crippen molar-refractivity contribution in [3.05, 3.63) is 35.4 Å². The average Bonchev–Trinajstić information content (AvgIpc) is 2.71. The van der Waals surface area contributed by atoms with Crippen molar-refractivity contribution in [3.63, 3.8) is 0 Å². The molecule has 15 heavy (non-hydrogen) atoms. The molecule has 0 spiro atoms. The van der Waals surface area contributed by atoms with Crippen molar-refractivity contribution in [3.8, 4) is 0 Å². The molecule has 6 heteroatoms. The molecule has 0 unspecified atom stereocenters. The number of aromatic nitrogens is 4. The molecule has 1 aromatic heterocycles. The number of aromatic amines is 1. The summed E-state index contributed by atoms with van der Waals surface area (Å²) in [6.45, 7) is 1.97. The first kappa shape index (κ1) is 9.32. The van der Waals surface area contributed by atoms with E-state index in [2.05, 4.69) is 25.6 Å². The third kappa shape index (κ3) is 1.98. The third-order valence-corrected chi connectivity index (χ3v) is 1.98. The van der Waals surface area contributed by atoms with E-state index in [0.29, 0.717) is 5.84 Å². The molecule has 0 amide bonds. The second-order valence-electron chi connectivity index (χ2n) is 3.02. The number of rotatable bonds is 2. The molecule has 6 nitrogen and oxygen atoms in total. The van der Waals surface area contributed by atoms with Gasteiger partial charge in [0.15, 0.2) is 0 Å². The van der Waals surface area contributed by atoms with Crippen LogP contribution in [0.5, 0.6) is 0 Å². The Kier molecular flexibility index (Phi) is 2.40. The van der Waals surface area contributed by atoms with Crippen LogP contribution in [-0.4, -0.2) is 26.5 Å². The van der Waals surface area contributed by atoms with Gasteiger partial charge in [-0.25, -0.2) is 0 Å². The van der Waals surface area contributed by atoms with Gasteiger partial charge >= 0.3 is 0 Å². The maximum absolute atomic E-state index is 5.82. The summed E-state index contributed by atoms with van der Waals surface area (Å²) in [5, 5.41) is 13.1. The Hall–Kier alpha value is -2.24. The highest BCUT2D eigenvalue weighted by molar-refractivity contribution is 5.99. The average molecular weight is 202 g/mol. The Labute approximate surface area is 86.2 Å². The molecule has 0 bridgehead atoms. The zero-order valence-corrected chi connectivity index (χ0v) is 8.18. The molecule has 2 rings (SSSR count). The fourth-order valence-electron chi connectivity index (χ4n) is 1.23. The monoisotopic (exact) mass is 202 g/mol. The number of hydrogen-bond donors (Lipinski definition) is 2. The molecule has 0 saturated heterocycles. The Morgan fingerprint density at radius 1 is 1.40 bits per heavy atom. The highest BCUT2D eigenvalue weighted by Crippen LogP contribution is 2.08. The summed E-state index contributed by atoms with van der Waals surface area (Å²) in [5.41, 5.74) is 7.75. The Morgan fingerprint density at radius 3 is 2.87 bits per heavy atom. The lowest BCUT2D eigenvalue weighted by molar-refractivity contribution is 0.881. The maximum Gasteiger partial charge on any atom is 0.290 e. The molecule has 0 radical (unpaired) electrons. The van der Waals surface area contributed by atoms with E-state index in [1.807, 2.05) is 31.2 Å². The second-order valence-corrected chi connectivity index (χ2v) is 3.02. The number of aryl methyl sites for hydroxylation is 1. The molecule has 2 aromatic rings. The van der Waals surface area contributed by atoms with Crippen LogP contribution in [0.2, 0.25) is 0 Å². The summed E-state index contributed by atoms with van der Waals surface area (Å²) in [7, 11) is 0. The minimum atomic E-state index is 0.232. The lowest BCUT2D eigenvalue weighted by atomic mass is 10.1. The fraction of sp³-hybridized carbons (Fsp3) is 0.111. The number of nitrogens with one attached hydrogen (secondary N) is 1. The van der Waals surface area contributed by atoms with Gasteiger partial charge in [-0.1, -0.05) is 29.4 Å². The Balaban J connectivity index is 2.36. The molecule has 0 atom stereocenters. The first-order valence-corrected chi connectivity index (χ1v) is 4.41. The zero-order valence-electron chi connectivity index (χ0n) is 8.18. The topological polar surface area (TPSA) is 92.8 Å². The quantitative estimate of drug-likeness (QED) is 0.549. The van der Waals surface area contributed by atoms with E-state index < -0.39 is 0 Å². The lowest BCUT2D eigenvalue weighted by Gasteiger charge is -2.02. The van der Waals surface area contributed by atoms with E-state index in [9.17, 15) is 0 Å². The van der Waals surface area contributed by atoms with Crippen molar-refractivity contribution in [2.45, 2.75) is 6.92 Å². The van der Waals surface area contributed by atoms with Crippen molar-refractivity contribution in [1.29, 1.82) is 0 Å². The van der Waals surface area contributed by atoms with Crippen molar-refractivity contribution >= 4 is 11.8 Å². The number of aliphatic imine (C=N–C) groups is 1. The summed E-state index contributed by atoms with van der Waals surface area (Å²) in [6, 6.07) is 7.71. The van der Waals surface area contributed by atoms with Crippen molar-refractivity contribution in [2.75, 3.05) is 0 Å². The number of tetrazole rings is 1. The molecule has 1 heterocycles. The molecular weight excluding hydrogens is 192 g/mol. The van der Waals surface area contributed by atoms with Crippen LogP contribution in [0.3, 0.4) is 0 Å². The predicted octanol–water partition coefficient (Wildman–Crippen LogP) is 0.545. The molecular formula is C9H10N6. The highest BCUT2D eigenvalue weighted by atomic mass is 15.5. The number of amidine groups is 1. The molecule has 0 aliphatic rings. The van der Waals surface area contributed by atoms with Gasteiger partial charge in [-0.05, 0) is 17.7 Å². The number of nitrogens with zero attached hydrogens (tertiary/aromatic N) is 4. The third-order valence-electron chi connectivity index (χ3n) is 1.98. The molecule has 3 N–H and O–H groups in total. The normalized spacial score (nSPS) is 11.7. The number of benzene rings is 1. The standard InChI is InChI=1S/C9H10N6/c1-6-4-2-3-5-7(6)8(10)11-9-12-14-15-13-9/h2-5H,1H3,(H3,10,11,12,13,14,15). The van der Waals surface area contributed by atoms with E-state index >= 15 is 0 Å². The van der Waals surface area contributed by atoms with Crippen LogP contribution < -0.4 is 5.73 Å². The first-order chi connectivity index (χ1) is 7.27.